The van der Waals surface area contributed by atoms with Gasteiger partial charge in [0.25, 0.3) is 0 Å². The van der Waals surface area contributed by atoms with Gasteiger partial charge >= 0.3 is 0 Å². The SMILES string of the molecule is COc1cc(C)c(S(=O)(=O)NCCc2ccccc2O)cc1C. The molecule has 0 heterocycles. The molecule has 0 spiro atoms. The molecule has 0 radical (unpaired) electrons. The lowest BCUT2D eigenvalue weighted by Gasteiger charge is -2.13. The minimum absolute atomic E-state index is 0.170. The molecule has 2 aromatic carbocycles. The summed E-state index contributed by atoms with van der Waals surface area (Å²) in [6, 6.07) is 10.2. The lowest BCUT2D eigenvalue weighted by atomic mass is 10.1. The maximum absolute atomic E-state index is 12.5. The van der Waals surface area contributed by atoms with Crippen molar-refractivity contribution in [3.8, 4) is 11.5 Å². The molecular formula is C17H21NO4S. The number of ether oxygens (including phenoxy) is 1. The second-order valence-electron chi connectivity index (χ2n) is 5.36. The molecule has 0 aliphatic carbocycles. The maximum Gasteiger partial charge on any atom is 0.240 e. The molecule has 5 nitrogen and oxygen atoms in total. The molecule has 0 unspecified atom stereocenters. The van der Waals surface area contributed by atoms with Crippen LogP contribution >= 0.6 is 0 Å². The smallest absolute Gasteiger partial charge is 0.240 e. The lowest BCUT2D eigenvalue weighted by molar-refractivity contribution is 0.411. The van der Waals surface area contributed by atoms with Gasteiger partial charge in [-0.1, -0.05) is 18.2 Å². The summed E-state index contributed by atoms with van der Waals surface area (Å²) in [6.07, 6.45) is 0.417. The summed E-state index contributed by atoms with van der Waals surface area (Å²) in [5.41, 5.74) is 2.10. The first-order valence-corrected chi connectivity index (χ1v) is 8.75. The van der Waals surface area contributed by atoms with E-state index in [0.29, 0.717) is 23.3 Å². The molecule has 2 aromatic rings. The monoisotopic (exact) mass is 335 g/mol. The van der Waals surface area contributed by atoms with E-state index in [1.807, 2.05) is 0 Å². The molecule has 0 aromatic heterocycles. The molecule has 0 atom stereocenters. The number of benzene rings is 2. The molecule has 124 valence electrons. The Bertz CT molecular complexity index is 800. The number of hydrogen-bond donors (Lipinski definition) is 2. The van der Waals surface area contributed by atoms with Crippen molar-refractivity contribution >= 4 is 10.0 Å². The van der Waals surface area contributed by atoms with E-state index in [4.69, 9.17) is 4.74 Å². The van der Waals surface area contributed by atoms with E-state index in [2.05, 4.69) is 4.72 Å². The third kappa shape index (κ3) is 4.03. The Morgan fingerprint density at radius 3 is 2.48 bits per heavy atom. The van der Waals surface area contributed by atoms with E-state index in [1.54, 1.807) is 57.4 Å². The van der Waals surface area contributed by atoms with Crippen LogP contribution in [0.3, 0.4) is 0 Å². The molecule has 0 fully saturated rings. The van der Waals surface area contributed by atoms with Crippen molar-refractivity contribution in [2.45, 2.75) is 25.2 Å². The molecule has 6 heteroatoms. The molecule has 0 aliphatic rings. The minimum Gasteiger partial charge on any atom is -0.508 e. The normalized spacial score (nSPS) is 11.4. The van der Waals surface area contributed by atoms with Crippen LogP contribution in [-0.2, 0) is 16.4 Å². The first kappa shape index (κ1) is 17.3. The van der Waals surface area contributed by atoms with Crippen LogP contribution in [0.15, 0.2) is 41.3 Å². The van der Waals surface area contributed by atoms with Gasteiger partial charge in [-0.3, -0.25) is 0 Å². The Balaban J connectivity index is 2.13. The van der Waals surface area contributed by atoms with E-state index in [0.717, 1.165) is 5.56 Å². The zero-order chi connectivity index (χ0) is 17.0. The van der Waals surface area contributed by atoms with Crippen molar-refractivity contribution in [1.29, 1.82) is 0 Å². The van der Waals surface area contributed by atoms with E-state index >= 15 is 0 Å². The van der Waals surface area contributed by atoms with E-state index in [1.165, 1.54) is 0 Å². The fourth-order valence-electron chi connectivity index (χ4n) is 2.39. The fourth-order valence-corrected chi connectivity index (χ4v) is 3.73. The van der Waals surface area contributed by atoms with Crippen molar-refractivity contribution in [3.05, 3.63) is 53.1 Å². The van der Waals surface area contributed by atoms with Crippen LogP contribution < -0.4 is 9.46 Å². The topological polar surface area (TPSA) is 75.6 Å². The van der Waals surface area contributed by atoms with Gasteiger partial charge in [-0.25, -0.2) is 13.1 Å². The Hall–Kier alpha value is -2.05. The van der Waals surface area contributed by atoms with E-state index in [-0.39, 0.29) is 17.2 Å². The standard InChI is InChI=1S/C17H21NO4S/c1-12-11-17(13(2)10-16(12)22-3)23(20,21)18-9-8-14-6-4-5-7-15(14)19/h4-7,10-11,18-19H,8-9H2,1-3H3. The number of nitrogens with one attached hydrogen (secondary N) is 1. The van der Waals surface area contributed by atoms with Crippen molar-refractivity contribution < 1.29 is 18.3 Å². The van der Waals surface area contributed by atoms with E-state index < -0.39 is 10.0 Å². The fraction of sp³-hybridized carbons (Fsp3) is 0.294. The molecule has 2 N–H and O–H groups in total. The second-order valence-corrected chi connectivity index (χ2v) is 7.10. The Kier molecular flexibility index (Phi) is 5.28. The van der Waals surface area contributed by atoms with Crippen LogP contribution in [0.5, 0.6) is 11.5 Å². The summed E-state index contributed by atoms with van der Waals surface area (Å²) in [6.45, 7) is 3.75. The first-order valence-electron chi connectivity index (χ1n) is 7.27. The first-order chi connectivity index (χ1) is 10.8. The highest BCUT2D eigenvalue weighted by atomic mass is 32.2. The largest absolute Gasteiger partial charge is 0.508 e. The number of methoxy groups -OCH3 is 1. The summed E-state index contributed by atoms with van der Waals surface area (Å²) in [4.78, 5) is 0.244. The van der Waals surface area contributed by atoms with Gasteiger partial charge in [-0.15, -0.1) is 0 Å². The number of sulfonamides is 1. The van der Waals surface area contributed by atoms with Crippen LogP contribution in [-0.4, -0.2) is 27.2 Å². The number of para-hydroxylation sites is 1. The maximum atomic E-state index is 12.5. The van der Waals surface area contributed by atoms with E-state index in [9.17, 15) is 13.5 Å². The molecular weight excluding hydrogens is 314 g/mol. The summed E-state index contributed by atoms with van der Waals surface area (Å²) < 4.78 is 32.7. The van der Waals surface area contributed by atoms with Gasteiger partial charge in [0, 0.05) is 6.54 Å². The van der Waals surface area contributed by atoms with Crippen LogP contribution in [0.25, 0.3) is 0 Å². The summed E-state index contributed by atoms with van der Waals surface area (Å²) >= 11 is 0. The van der Waals surface area contributed by atoms with Gasteiger partial charge in [0.15, 0.2) is 0 Å². The van der Waals surface area contributed by atoms with Crippen LogP contribution in [0.1, 0.15) is 16.7 Å². The van der Waals surface area contributed by atoms with Crippen LogP contribution in [0.2, 0.25) is 0 Å². The Labute approximate surface area is 137 Å². The quantitative estimate of drug-likeness (QED) is 0.850. The minimum atomic E-state index is -3.61. The molecule has 0 amide bonds. The van der Waals surface area contributed by atoms with Crippen molar-refractivity contribution in [3.63, 3.8) is 0 Å². The van der Waals surface area contributed by atoms with Crippen molar-refractivity contribution in [1.82, 2.24) is 4.72 Å². The predicted octanol–water partition coefficient (Wildman–Crippen LogP) is 2.54. The number of phenols is 1. The number of aryl methyl sites for hydroxylation is 2. The van der Waals surface area contributed by atoms with Crippen molar-refractivity contribution in [2.75, 3.05) is 13.7 Å². The average Bonchev–Trinajstić information content (AvgIpc) is 2.50. The number of hydrogen-bond acceptors (Lipinski definition) is 4. The summed E-state index contributed by atoms with van der Waals surface area (Å²) in [5.74, 6) is 0.832. The number of phenolic OH excluding ortho intramolecular Hbond substituents is 1. The van der Waals surface area contributed by atoms with Gasteiger partial charge < -0.3 is 9.84 Å². The molecule has 0 saturated carbocycles. The number of aromatic hydroxyl groups is 1. The second kappa shape index (κ2) is 7.02. The summed E-state index contributed by atoms with van der Waals surface area (Å²) in [5, 5.41) is 9.70. The molecule has 0 saturated heterocycles. The predicted molar refractivity (Wildman–Crippen MR) is 89.5 cm³/mol. The Morgan fingerprint density at radius 2 is 1.83 bits per heavy atom. The highest BCUT2D eigenvalue weighted by Gasteiger charge is 2.18. The van der Waals surface area contributed by atoms with Crippen LogP contribution in [0, 0.1) is 13.8 Å². The molecule has 2 rings (SSSR count). The summed E-state index contributed by atoms with van der Waals surface area (Å²) in [7, 11) is -2.05. The average molecular weight is 335 g/mol. The highest BCUT2D eigenvalue weighted by molar-refractivity contribution is 7.89. The molecule has 0 aliphatic heterocycles. The lowest BCUT2D eigenvalue weighted by Crippen LogP contribution is -2.26. The zero-order valence-corrected chi connectivity index (χ0v) is 14.3. The zero-order valence-electron chi connectivity index (χ0n) is 13.5. The molecule has 0 bridgehead atoms. The molecule has 23 heavy (non-hydrogen) atoms. The van der Waals surface area contributed by atoms with Gasteiger partial charge in [0.05, 0.1) is 12.0 Å². The highest BCUT2D eigenvalue weighted by Crippen LogP contribution is 2.25. The number of rotatable bonds is 6. The third-order valence-corrected chi connectivity index (χ3v) is 5.26. The van der Waals surface area contributed by atoms with Gasteiger partial charge in [-0.05, 0) is 55.2 Å². The van der Waals surface area contributed by atoms with Gasteiger partial charge in [0.1, 0.15) is 11.5 Å². The van der Waals surface area contributed by atoms with Gasteiger partial charge in [-0.2, -0.15) is 0 Å². The third-order valence-electron chi connectivity index (χ3n) is 3.66. The van der Waals surface area contributed by atoms with Gasteiger partial charge in [0.2, 0.25) is 10.0 Å². The van der Waals surface area contributed by atoms with Crippen molar-refractivity contribution in [2.24, 2.45) is 0 Å². The van der Waals surface area contributed by atoms with Crippen LogP contribution in [0.4, 0.5) is 0 Å². The Morgan fingerprint density at radius 1 is 1.13 bits per heavy atom.